The Morgan fingerprint density at radius 1 is 0.757 bits per heavy atom. The van der Waals surface area contributed by atoms with Crippen molar-refractivity contribution in [1.29, 1.82) is 0 Å². The summed E-state index contributed by atoms with van der Waals surface area (Å²) in [6.07, 6.45) is 0. The van der Waals surface area contributed by atoms with Crippen LogP contribution in [0.5, 0.6) is 0 Å². The molecule has 5 nitrogen and oxygen atoms in total. The molecule has 3 aromatic rings. The Bertz CT molecular complexity index is 965. The molecule has 0 aliphatic rings. The lowest BCUT2D eigenvalue weighted by Gasteiger charge is -2.21. The highest BCUT2D eigenvalue weighted by molar-refractivity contribution is 7.18. The van der Waals surface area contributed by atoms with Crippen molar-refractivity contribution in [3.63, 3.8) is 0 Å². The number of hydrogen-bond acceptors (Lipinski definition) is 7. The predicted octanol–water partition coefficient (Wildman–Crippen LogP) is 8.84. The average Bonchev–Trinajstić information content (AvgIpc) is 3.52. The zero-order valence-electron chi connectivity index (χ0n) is 26.1. The highest BCUT2D eigenvalue weighted by Gasteiger charge is 2.20. The lowest BCUT2D eigenvalue weighted by atomic mass is 10.0. The van der Waals surface area contributed by atoms with Crippen LogP contribution >= 0.6 is 22.7 Å². The first-order valence-electron chi connectivity index (χ1n) is 13.3. The maximum Gasteiger partial charge on any atom is 0.151 e. The molecule has 0 amide bonds. The third-order valence-corrected chi connectivity index (χ3v) is 6.15. The van der Waals surface area contributed by atoms with Crippen LogP contribution in [0, 0.1) is 6.92 Å². The molecule has 2 unspecified atom stereocenters. The van der Waals surface area contributed by atoms with E-state index in [1.54, 1.807) is 36.5 Å². The summed E-state index contributed by atoms with van der Waals surface area (Å²) < 4.78 is 1.17. The number of thiophene rings is 1. The average molecular weight is 552 g/mol. The van der Waals surface area contributed by atoms with Crippen LogP contribution in [-0.2, 0) is 9.59 Å². The van der Waals surface area contributed by atoms with E-state index < -0.39 is 0 Å². The maximum atomic E-state index is 11.7. The van der Waals surface area contributed by atoms with E-state index in [1.807, 2.05) is 129 Å². The second-order valence-corrected chi connectivity index (χ2v) is 9.49. The number of hydrogen-bond donors (Lipinski definition) is 0. The van der Waals surface area contributed by atoms with Crippen LogP contribution in [0.25, 0.3) is 10.2 Å². The number of aromatic nitrogens is 1. The molecule has 0 spiro atoms. The van der Waals surface area contributed by atoms with E-state index in [0.717, 1.165) is 21.7 Å². The maximum absolute atomic E-state index is 11.7. The molecule has 37 heavy (non-hydrogen) atoms. The van der Waals surface area contributed by atoms with Crippen molar-refractivity contribution in [2.75, 3.05) is 28.2 Å². The number of nitrogens with zero attached hydrogens (tertiary/aromatic N) is 3. The van der Waals surface area contributed by atoms with E-state index in [2.05, 4.69) is 11.1 Å². The van der Waals surface area contributed by atoms with Crippen LogP contribution in [-0.4, -0.2) is 54.5 Å². The third-order valence-electron chi connectivity index (χ3n) is 4.50. The van der Waals surface area contributed by atoms with Crippen LogP contribution in [0.3, 0.4) is 0 Å². The van der Waals surface area contributed by atoms with Crippen molar-refractivity contribution in [2.24, 2.45) is 0 Å². The number of Topliss-reactive ketones (excluding diaryl/α,β-unsaturated/α-hetero) is 2. The van der Waals surface area contributed by atoms with Crippen LogP contribution in [0.2, 0.25) is 0 Å². The molecule has 7 heteroatoms. The quantitative estimate of drug-likeness (QED) is 0.306. The van der Waals surface area contributed by atoms with Crippen molar-refractivity contribution in [1.82, 2.24) is 14.8 Å². The summed E-state index contributed by atoms with van der Waals surface area (Å²) in [4.78, 5) is 31.2. The van der Waals surface area contributed by atoms with Gasteiger partial charge in [0.15, 0.2) is 11.6 Å². The molecule has 3 rings (SSSR count). The van der Waals surface area contributed by atoms with Gasteiger partial charge in [0.2, 0.25) is 0 Å². The SMILES string of the molecule is CC.CC.CC.CC.CC(=O)C(c1ccc2sc(C)nc2c1)N(C)C.CC(=O)C(c1ccsc1)N(C)C. The molecule has 0 saturated carbocycles. The smallest absolute Gasteiger partial charge is 0.151 e. The zero-order chi connectivity index (χ0) is 29.7. The second-order valence-electron chi connectivity index (χ2n) is 7.47. The Kier molecular flexibility index (Phi) is 24.8. The van der Waals surface area contributed by atoms with Gasteiger partial charge in [-0.3, -0.25) is 19.4 Å². The molecule has 1 aromatic carbocycles. The highest BCUT2D eigenvalue weighted by atomic mass is 32.1. The number of ketones is 2. The fourth-order valence-corrected chi connectivity index (χ4v) is 4.94. The van der Waals surface area contributed by atoms with Crippen LogP contribution < -0.4 is 0 Å². The topological polar surface area (TPSA) is 53.5 Å². The third kappa shape index (κ3) is 14.0. The number of carbonyl (C=O) groups excluding carboxylic acids is 2. The van der Waals surface area contributed by atoms with Gasteiger partial charge in [0.25, 0.3) is 0 Å². The van der Waals surface area contributed by atoms with E-state index in [-0.39, 0.29) is 23.7 Å². The minimum absolute atomic E-state index is 0.0729. The number of likely N-dealkylation sites (N-methyl/N-ethyl adjacent to an activating group) is 2. The van der Waals surface area contributed by atoms with Crippen molar-refractivity contribution in [3.05, 3.63) is 51.2 Å². The minimum atomic E-state index is -0.179. The first-order valence-corrected chi connectivity index (χ1v) is 15.1. The fourth-order valence-electron chi connectivity index (χ4n) is 3.45. The Morgan fingerprint density at radius 3 is 1.59 bits per heavy atom. The summed E-state index contributed by atoms with van der Waals surface area (Å²) in [6, 6.07) is 7.83. The van der Waals surface area contributed by atoms with Crippen molar-refractivity contribution in [2.45, 2.75) is 88.2 Å². The summed E-state index contributed by atoms with van der Waals surface area (Å²) in [5.74, 6) is 0.347. The molecule has 0 bridgehead atoms. The Balaban J connectivity index is -0.000000508. The lowest BCUT2D eigenvalue weighted by Crippen LogP contribution is -2.25. The van der Waals surface area contributed by atoms with Gasteiger partial charge in [0.1, 0.15) is 0 Å². The van der Waals surface area contributed by atoms with Gasteiger partial charge in [-0.25, -0.2) is 4.98 Å². The highest BCUT2D eigenvalue weighted by Crippen LogP contribution is 2.27. The van der Waals surface area contributed by atoms with Crippen molar-refractivity contribution in [3.8, 4) is 0 Å². The first kappa shape index (κ1) is 39.6. The molecule has 0 N–H and O–H groups in total. The molecule has 2 heterocycles. The molecule has 0 aliphatic carbocycles. The van der Waals surface area contributed by atoms with Gasteiger partial charge in [-0.2, -0.15) is 11.3 Å². The summed E-state index contributed by atoms with van der Waals surface area (Å²) >= 11 is 3.30. The van der Waals surface area contributed by atoms with Crippen molar-refractivity contribution >= 4 is 44.5 Å². The standard InChI is InChI=1S/C13H16N2OS.C9H13NOS.4C2H6/c1-8(16)13(15(3)4)10-5-6-12-11(7-10)14-9(2)17-12;1-7(11)9(10(2)3)8-4-5-12-6-8;4*1-2/h5-7,13H,1-4H3;4-6,9H,1-3H3;4*1-2H3. The fraction of sp³-hybridized carbons (Fsp3) is 0.567. The van der Waals surface area contributed by atoms with Gasteiger partial charge in [-0.05, 0) is 89.0 Å². The number of thiazole rings is 1. The predicted molar refractivity (Wildman–Crippen MR) is 168 cm³/mol. The molecule has 212 valence electrons. The number of fused-ring (bicyclic) bond motifs is 1. The van der Waals surface area contributed by atoms with E-state index in [4.69, 9.17) is 0 Å². The first-order chi connectivity index (χ1) is 17.6. The Morgan fingerprint density at radius 2 is 1.22 bits per heavy atom. The minimum Gasteiger partial charge on any atom is -0.298 e. The Labute approximate surface area is 235 Å². The molecule has 2 atom stereocenters. The number of rotatable bonds is 6. The molecule has 0 aliphatic heterocycles. The zero-order valence-corrected chi connectivity index (χ0v) is 27.7. The molecule has 0 saturated heterocycles. The molecule has 0 fully saturated rings. The summed E-state index contributed by atoms with van der Waals surface area (Å²) in [5.41, 5.74) is 3.09. The largest absolute Gasteiger partial charge is 0.298 e. The van der Waals surface area contributed by atoms with Gasteiger partial charge in [-0.15, -0.1) is 11.3 Å². The van der Waals surface area contributed by atoms with Gasteiger partial charge in [0, 0.05) is 0 Å². The summed E-state index contributed by atoms with van der Waals surface area (Å²) in [5, 5.41) is 5.07. The molecule has 0 radical (unpaired) electrons. The van der Waals surface area contributed by atoms with Crippen molar-refractivity contribution < 1.29 is 9.59 Å². The second kappa shape index (κ2) is 23.2. The van der Waals surface area contributed by atoms with Crippen LogP contribution in [0.1, 0.15) is 97.5 Å². The number of carbonyl (C=O) groups is 2. The lowest BCUT2D eigenvalue weighted by molar-refractivity contribution is -0.122. The van der Waals surface area contributed by atoms with Crippen LogP contribution in [0.4, 0.5) is 0 Å². The summed E-state index contributed by atoms with van der Waals surface area (Å²) in [6.45, 7) is 21.3. The van der Waals surface area contributed by atoms with Gasteiger partial charge in [0.05, 0.1) is 27.3 Å². The van der Waals surface area contributed by atoms with Gasteiger partial charge < -0.3 is 0 Å². The normalized spacial score (nSPS) is 11.1. The molecular formula is C30H53N3O2S2. The van der Waals surface area contributed by atoms with Gasteiger partial charge >= 0.3 is 0 Å². The number of benzene rings is 1. The van der Waals surface area contributed by atoms with E-state index in [1.165, 1.54) is 4.70 Å². The van der Waals surface area contributed by atoms with E-state index >= 15 is 0 Å². The number of aryl methyl sites for hydroxylation is 1. The van der Waals surface area contributed by atoms with Gasteiger partial charge in [-0.1, -0.05) is 61.5 Å². The van der Waals surface area contributed by atoms with E-state index in [9.17, 15) is 9.59 Å². The Hall–Kier alpha value is -1.93. The molecular weight excluding hydrogens is 498 g/mol. The van der Waals surface area contributed by atoms with E-state index in [0.29, 0.717) is 0 Å². The monoisotopic (exact) mass is 551 g/mol. The summed E-state index contributed by atoms with van der Waals surface area (Å²) in [7, 11) is 7.68. The van der Waals surface area contributed by atoms with Crippen LogP contribution in [0.15, 0.2) is 35.0 Å². The molecule has 2 aromatic heterocycles.